The summed E-state index contributed by atoms with van der Waals surface area (Å²) in [6, 6.07) is 17.9. The molecule has 0 aliphatic rings. The van der Waals surface area contributed by atoms with Gasteiger partial charge in [0.1, 0.15) is 16.5 Å². The van der Waals surface area contributed by atoms with E-state index in [4.69, 9.17) is 11.6 Å². The molecule has 1 unspecified atom stereocenters. The number of hydrogen-bond donors (Lipinski definition) is 1. The number of thioether (sulfide) groups is 1. The smallest absolute Gasteiger partial charge is 0.270 e. The lowest BCUT2D eigenvalue weighted by Crippen LogP contribution is -2.33. The number of benzene rings is 2. The van der Waals surface area contributed by atoms with Gasteiger partial charge in [0.15, 0.2) is 5.16 Å². The number of hydrogen-bond acceptors (Lipinski definition) is 6. The van der Waals surface area contributed by atoms with Crippen molar-refractivity contribution in [1.82, 2.24) is 25.1 Å². The highest BCUT2D eigenvalue weighted by atomic mass is 35.5. The standard InChI is InChI=1S/C24H24ClN5OS2/c1-16(11-12-18-7-4-3-5-8-18)26-23(31)21-14-32-22(27-21)15-33-24-29-28-17(2)30(24)20-10-6-9-19(25)13-20/h3-10,13-14,16H,11-12,15H2,1-2H3,(H,26,31). The summed E-state index contributed by atoms with van der Waals surface area (Å²) >= 11 is 9.15. The van der Waals surface area contributed by atoms with Gasteiger partial charge in [-0.15, -0.1) is 21.5 Å². The lowest BCUT2D eigenvalue weighted by molar-refractivity contribution is 0.0934. The molecular weight excluding hydrogens is 474 g/mol. The van der Waals surface area contributed by atoms with Crippen LogP contribution in [0.5, 0.6) is 0 Å². The third-order valence-electron chi connectivity index (χ3n) is 5.06. The van der Waals surface area contributed by atoms with Gasteiger partial charge in [0, 0.05) is 16.4 Å². The summed E-state index contributed by atoms with van der Waals surface area (Å²) in [4.78, 5) is 17.1. The number of carbonyl (C=O) groups excluding carboxylic acids is 1. The molecule has 0 bridgehead atoms. The number of carbonyl (C=O) groups is 1. The molecule has 2 aromatic carbocycles. The molecule has 2 aromatic heterocycles. The van der Waals surface area contributed by atoms with Crippen LogP contribution < -0.4 is 5.32 Å². The molecule has 0 fully saturated rings. The van der Waals surface area contributed by atoms with E-state index in [0.717, 1.165) is 34.5 Å². The average molecular weight is 498 g/mol. The van der Waals surface area contributed by atoms with Crippen LogP contribution in [0, 0.1) is 6.92 Å². The Morgan fingerprint density at radius 1 is 1.18 bits per heavy atom. The maximum absolute atomic E-state index is 12.6. The van der Waals surface area contributed by atoms with E-state index in [1.165, 1.54) is 28.7 Å². The lowest BCUT2D eigenvalue weighted by Gasteiger charge is -2.12. The second-order valence-electron chi connectivity index (χ2n) is 7.66. The van der Waals surface area contributed by atoms with E-state index in [2.05, 4.69) is 32.6 Å². The van der Waals surface area contributed by atoms with Crippen LogP contribution in [0.4, 0.5) is 0 Å². The van der Waals surface area contributed by atoms with E-state index in [1.54, 1.807) is 0 Å². The summed E-state index contributed by atoms with van der Waals surface area (Å²) in [5.41, 5.74) is 2.64. The zero-order chi connectivity index (χ0) is 23.2. The number of rotatable bonds is 9. The fourth-order valence-corrected chi connectivity index (χ4v) is 5.33. The molecule has 4 aromatic rings. The number of nitrogens with one attached hydrogen (secondary N) is 1. The van der Waals surface area contributed by atoms with Crippen molar-refractivity contribution in [3.05, 3.63) is 87.1 Å². The molecule has 9 heteroatoms. The molecule has 4 rings (SSSR count). The zero-order valence-electron chi connectivity index (χ0n) is 18.4. The molecule has 1 amide bonds. The maximum atomic E-state index is 12.6. The van der Waals surface area contributed by atoms with Gasteiger partial charge in [0.25, 0.3) is 5.91 Å². The van der Waals surface area contributed by atoms with Crippen LogP contribution in [0.25, 0.3) is 5.69 Å². The van der Waals surface area contributed by atoms with Gasteiger partial charge in [-0.1, -0.05) is 59.8 Å². The van der Waals surface area contributed by atoms with Crippen LogP contribution in [0.1, 0.15) is 40.2 Å². The molecule has 0 aliphatic carbocycles. The van der Waals surface area contributed by atoms with E-state index in [0.29, 0.717) is 16.5 Å². The molecule has 170 valence electrons. The van der Waals surface area contributed by atoms with E-state index >= 15 is 0 Å². The molecule has 0 aliphatic heterocycles. The van der Waals surface area contributed by atoms with E-state index in [1.807, 2.05) is 66.3 Å². The number of nitrogens with zero attached hydrogens (tertiary/aromatic N) is 4. The lowest BCUT2D eigenvalue weighted by atomic mass is 10.1. The Hall–Kier alpha value is -2.68. The first-order chi connectivity index (χ1) is 16.0. The number of halogens is 1. The van der Waals surface area contributed by atoms with Gasteiger partial charge < -0.3 is 5.32 Å². The Kier molecular flexibility index (Phi) is 7.80. The average Bonchev–Trinajstić information content (AvgIpc) is 3.43. The Morgan fingerprint density at radius 3 is 2.79 bits per heavy atom. The van der Waals surface area contributed by atoms with E-state index in [9.17, 15) is 4.79 Å². The second-order valence-corrected chi connectivity index (χ2v) is 9.98. The van der Waals surface area contributed by atoms with Gasteiger partial charge in [0.2, 0.25) is 0 Å². The molecule has 1 N–H and O–H groups in total. The highest BCUT2D eigenvalue weighted by Gasteiger charge is 2.16. The molecule has 33 heavy (non-hydrogen) atoms. The van der Waals surface area contributed by atoms with Gasteiger partial charge in [-0.2, -0.15) is 0 Å². The van der Waals surface area contributed by atoms with Crippen molar-refractivity contribution >= 4 is 40.6 Å². The van der Waals surface area contributed by atoms with Crippen molar-refractivity contribution in [1.29, 1.82) is 0 Å². The topological polar surface area (TPSA) is 72.7 Å². The summed E-state index contributed by atoms with van der Waals surface area (Å²) in [5, 5.41) is 15.6. The Morgan fingerprint density at radius 2 is 2.00 bits per heavy atom. The third-order valence-corrected chi connectivity index (χ3v) is 7.26. The number of amides is 1. The summed E-state index contributed by atoms with van der Waals surface area (Å²) in [7, 11) is 0. The van der Waals surface area contributed by atoms with Gasteiger partial charge in [0.05, 0.1) is 11.4 Å². The Balaban J connectivity index is 1.33. The van der Waals surface area contributed by atoms with E-state index < -0.39 is 0 Å². The molecule has 0 saturated heterocycles. The monoisotopic (exact) mass is 497 g/mol. The molecule has 6 nitrogen and oxygen atoms in total. The van der Waals surface area contributed by atoms with Gasteiger partial charge in [-0.25, -0.2) is 4.98 Å². The first-order valence-electron chi connectivity index (χ1n) is 10.6. The summed E-state index contributed by atoms with van der Waals surface area (Å²) in [6.45, 7) is 3.93. The summed E-state index contributed by atoms with van der Waals surface area (Å²) < 4.78 is 1.96. The first-order valence-corrected chi connectivity index (χ1v) is 12.8. The SMILES string of the molecule is Cc1nnc(SCc2nc(C(=O)NC(C)CCc3ccccc3)cs2)n1-c1cccc(Cl)c1. The molecule has 0 spiro atoms. The van der Waals surface area contributed by atoms with Crippen molar-refractivity contribution in [2.45, 2.75) is 43.6 Å². The summed E-state index contributed by atoms with van der Waals surface area (Å²) in [5.74, 6) is 1.24. The maximum Gasteiger partial charge on any atom is 0.270 e. The van der Waals surface area contributed by atoms with Crippen molar-refractivity contribution in [2.75, 3.05) is 0 Å². The van der Waals surface area contributed by atoms with Crippen LogP contribution >= 0.6 is 34.7 Å². The number of aryl methyl sites for hydroxylation is 2. The fourth-order valence-electron chi connectivity index (χ4n) is 3.35. The van der Waals surface area contributed by atoms with Crippen molar-refractivity contribution in [3.63, 3.8) is 0 Å². The predicted octanol–water partition coefficient (Wildman–Crippen LogP) is 5.73. The van der Waals surface area contributed by atoms with Crippen LogP contribution in [-0.4, -0.2) is 31.7 Å². The van der Waals surface area contributed by atoms with Crippen LogP contribution in [0.3, 0.4) is 0 Å². The Labute approximate surface area is 206 Å². The normalized spacial score (nSPS) is 12.0. The molecule has 0 radical (unpaired) electrons. The van der Waals surface area contributed by atoms with E-state index in [-0.39, 0.29) is 11.9 Å². The highest BCUT2D eigenvalue weighted by Crippen LogP contribution is 2.27. The van der Waals surface area contributed by atoms with Crippen molar-refractivity contribution in [3.8, 4) is 5.69 Å². The minimum absolute atomic E-state index is 0.0662. The van der Waals surface area contributed by atoms with Gasteiger partial charge in [-0.3, -0.25) is 9.36 Å². The predicted molar refractivity (Wildman–Crippen MR) is 134 cm³/mol. The second kappa shape index (κ2) is 11.0. The summed E-state index contributed by atoms with van der Waals surface area (Å²) in [6.07, 6.45) is 1.80. The first kappa shape index (κ1) is 23.5. The number of thiazole rings is 1. The Bertz CT molecular complexity index is 1220. The fraction of sp³-hybridized carbons (Fsp3) is 0.250. The molecule has 0 saturated carbocycles. The molecular formula is C24H24ClN5OS2. The van der Waals surface area contributed by atoms with Crippen molar-refractivity contribution in [2.24, 2.45) is 0 Å². The largest absolute Gasteiger partial charge is 0.348 e. The number of aromatic nitrogens is 4. The van der Waals surface area contributed by atoms with Crippen LogP contribution in [0.2, 0.25) is 5.02 Å². The van der Waals surface area contributed by atoms with Gasteiger partial charge >= 0.3 is 0 Å². The van der Waals surface area contributed by atoms with Crippen molar-refractivity contribution < 1.29 is 4.79 Å². The quantitative estimate of drug-likeness (QED) is 0.299. The van der Waals surface area contributed by atoms with Crippen LogP contribution in [-0.2, 0) is 12.2 Å². The van der Waals surface area contributed by atoms with Gasteiger partial charge in [-0.05, 0) is 50.5 Å². The minimum atomic E-state index is -0.138. The highest BCUT2D eigenvalue weighted by molar-refractivity contribution is 7.98. The molecule has 1 atom stereocenters. The zero-order valence-corrected chi connectivity index (χ0v) is 20.8. The third kappa shape index (κ3) is 6.22. The van der Waals surface area contributed by atoms with Crippen LogP contribution in [0.15, 0.2) is 65.1 Å². The molecule has 2 heterocycles. The minimum Gasteiger partial charge on any atom is -0.348 e.